The number of anilines is 1. The van der Waals surface area contributed by atoms with Crippen LogP contribution in [0.5, 0.6) is 0 Å². The van der Waals surface area contributed by atoms with E-state index >= 15 is 0 Å². The Kier molecular flexibility index (Phi) is 2.38. The van der Waals surface area contributed by atoms with Crippen LogP contribution in [0.25, 0.3) is 11.2 Å². The molecule has 2 heterocycles. The van der Waals surface area contributed by atoms with Crippen LogP contribution < -0.4 is 5.73 Å². The van der Waals surface area contributed by atoms with Crippen LogP contribution in [0.1, 0.15) is 25.0 Å². The molecule has 0 amide bonds. The summed E-state index contributed by atoms with van der Waals surface area (Å²) in [5.74, 6) is 0.546. The summed E-state index contributed by atoms with van der Waals surface area (Å²) in [5.41, 5.74) is 8.75. The zero-order chi connectivity index (χ0) is 12.9. The topological polar surface area (TPSA) is 70.9 Å². The van der Waals surface area contributed by atoms with Gasteiger partial charge in [-0.15, -0.1) is 0 Å². The van der Waals surface area contributed by atoms with E-state index in [9.17, 15) is 0 Å². The third-order valence-electron chi connectivity index (χ3n) is 4.06. The van der Waals surface area contributed by atoms with Gasteiger partial charge in [-0.1, -0.05) is 0 Å². The highest BCUT2D eigenvalue weighted by Crippen LogP contribution is 2.38. The molecule has 1 aliphatic carbocycles. The standard InChI is InChI=1S/C12H19N5O/c1-8-9-10(16(2)15-8)17(11(13)14-9)7-12(18-3)5-4-6-12/h4-7H2,1-3H3,(H2,13,14). The number of methoxy groups -OCH3 is 1. The molecule has 2 N–H and O–H groups in total. The molecule has 0 radical (unpaired) electrons. The van der Waals surface area contributed by atoms with Gasteiger partial charge in [-0.05, 0) is 26.2 Å². The molecule has 3 rings (SSSR count). The van der Waals surface area contributed by atoms with Crippen LogP contribution >= 0.6 is 0 Å². The summed E-state index contributed by atoms with van der Waals surface area (Å²) in [6.07, 6.45) is 3.38. The maximum Gasteiger partial charge on any atom is 0.202 e. The van der Waals surface area contributed by atoms with Crippen molar-refractivity contribution in [2.24, 2.45) is 7.05 Å². The normalized spacial score (nSPS) is 18.2. The minimum Gasteiger partial charge on any atom is -0.376 e. The van der Waals surface area contributed by atoms with E-state index < -0.39 is 0 Å². The number of hydrogen-bond acceptors (Lipinski definition) is 4. The highest BCUT2D eigenvalue weighted by atomic mass is 16.5. The van der Waals surface area contributed by atoms with Crippen LogP contribution in [0, 0.1) is 6.92 Å². The van der Waals surface area contributed by atoms with E-state index in [-0.39, 0.29) is 5.60 Å². The number of aromatic nitrogens is 4. The van der Waals surface area contributed by atoms with Crippen LogP contribution in [0.3, 0.4) is 0 Å². The van der Waals surface area contributed by atoms with Crippen molar-refractivity contribution >= 4 is 17.1 Å². The van der Waals surface area contributed by atoms with Crippen molar-refractivity contribution in [3.63, 3.8) is 0 Å². The fourth-order valence-corrected chi connectivity index (χ4v) is 2.79. The number of aryl methyl sites for hydroxylation is 2. The van der Waals surface area contributed by atoms with E-state index in [2.05, 4.69) is 10.1 Å². The lowest BCUT2D eigenvalue weighted by molar-refractivity contribution is -0.0826. The average Bonchev–Trinajstić information content (AvgIpc) is 2.73. The Hall–Kier alpha value is -1.56. The maximum absolute atomic E-state index is 6.03. The number of ether oxygens (including phenoxy) is 1. The fourth-order valence-electron chi connectivity index (χ4n) is 2.79. The molecule has 0 saturated heterocycles. The molecule has 0 spiro atoms. The zero-order valence-corrected chi connectivity index (χ0v) is 11.1. The minimum absolute atomic E-state index is 0.0695. The molecule has 98 valence electrons. The van der Waals surface area contributed by atoms with Gasteiger partial charge in [-0.3, -0.25) is 9.25 Å². The summed E-state index contributed by atoms with van der Waals surface area (Å²) in [7, 11) is 3.70. The summed E-state index contributed by atoms with van der Waals surface area (Å²) in [5, 5.41) is 4.39. The Balaban J connectivity index is 2.08. The summed E-state index contributed by atoms with van der Waals surface area (Å²) in [4.78, 5) is 4.41. The Morgan fingerprint density at radius 2 is 2.17 bits per heavy atom. The number of rotatable bonds is 3. The molecule has 2 aromatic rings. The first-order chi connectivity index (χ1) is 8.56. The van der Waals surface area contributed by atoms with Gasteiger partial charge in [-0.25, -0.2) is 4.98 Å². The molecule has 0 atom stereocenters. The Bertz CT molecular complexity index is 588. The molecule has 0 aliphatic heterocycles. The van der Waals surface area contributed by atoms with Crippen LogP contribution in [0.4, 0.5) is 5.95 Å². The maximum atomic E-state index is 6.03. The molecule has 2 aromatic heterocycles. The molecule has 0 bridgehead atoms. The summed E-state index contributed by atoms with van der Waals surface area (Å²) < 4.78 is 9.53. The predicted molar refractivity (Wildman–Crippen MR) is 69.2 cm³/mol. The van der Waals surface area contributed by atoms with Crippen molar-refractivity contribution in [1.29, 1.82) is 0 Å². The van der Waals surface area contributed by atoms with Gasteiger partial charge < -0.3 is 10.5 Å². The molecular weight excluding hydrogens is 230 g/mol. The third-order valence-corrected chi connectivity index (χ3v) is 4.06. The van der Waals surface area contributed by atoms with E-state index in [0.717, 1.165) is 36.2 Å². The Morgan fingerprint density at radius 1 is 1.44 bits per heavy atom. The second-order valence-corrected chi connectivity index (χ2v) is 5.18. The van der Waals surface area contributed by atoms with Crippen molar-refractivity contribution in [1.82, 2.24) is 19.3 Å². The van der Waals surface area contributed by atoms with E-state index in [4.69, 9.17) is 10.5 Å². The number of fused-ring (bicyclic) bond motifs is 1. The second kappa shape index (κ2) is 3.71. The number of nitrogens with zero attached hydrogens (tertiary/aromatic N) is 4. The lowest BCUT2D eigenvalue weighted by atomic mass is 9.80. The predicted octanol–water partition coefficient (Wildman–Crippen LogP) is 1.23. The SMILES string of the molecule is COC1(Cn2c(N)nc3c(C)nn(C)c32)CCC1. The van der Waals surface area contributed by atoms with E-state index in [1.165, 1.54) is 6.42 Å². The first-order valence-electron chi connectivity index (χ1n) is 6.27. The third kappa shape index (κ3) is 1.45. The van der Waals surface area contributed by atoms with E-state index in [0.29, 0.717) is 5.95 Å². The van der Waals surface area contributed by atoms with Gasteiger partial charge in [0.25, 0.3) is 0 Å². The molecule has 1 fully saturated rings. The molecule has 18 heavy (non-hydrogen) atoms. The largest absolute Gasteiger partial charge is 0.376 e. The second-order valence-electron chi connectivity index (χ2n) is 5.18. The number of hydrogen-bond donors (Lipinski definition) is 1. The highest BCUT2D eigenvalue weighted by molar-refractivity contribution is 5.77. The Labute approximate surface area is 106 Å². The summed E-state index contributed by atoms with van der Waals surface area (Å²) in [6.45, 7) is 2.71. The van der Waals surface area contributed by atoms with Crippen molar-refractivity contribution in [2.75, 3.05) is 12.8 Å². The van der Waals surface area contributed by atoms with Crippen LogP contribution in [0.2, 0.25) is 0 Å². The lowest BCUT2D eigenvalue weighted by Crippen LogP contribution is -2.43. The molecule has 0 aromatic carbocycles. The van der Waals surface area contributed by atoms with E-state index in [1.807, 2.05) is 23.2 Å². The van der Waals surface area contributed by atoms with Gasteiger partial charge in [0.1, 0.15) is 5.52 Å². The highest BCUT2D eigenvalue weighted by Gasteiger charge is 2.38. The number of nitrogens with two attached hydrogens (primary N) is 1. The monoisotopic (exact) mass is 249 g/mol. The van der Waals surface area contributed by atoms with Gasteiger partial charge >= 0.3 is 0 Å². The van der Waals surface area contributed by atoms with Gasteiger partial charge in [0.15, 0.2) is 5.65 Å². The van der Waals surface area contributed by atoms with Gasteiger partial charge in [0.2, 0.25) is 5.95 Å². The molecule has 0 unspecified atom stereocenters. The molecule has 6 heteroatoms. The zero-order valence-electron chi connectivity index (χ0n) is 11.1. The van der Waals surface area contributed by atoms with E-state index in [1.54, 1.807) is 7.11 Å². The van der Waals surface area contributed by atoms with Crippen LogP contribution in [0.15, 0.2) is 0 Å². The molecule has 6 nitrogen and oxygen atoms in total. The van der Waals surface area contributed by atoms with Crippen molar-refractivity contribution < 1.29 is 4.74 Å². The first-order valence-corrected chi connectivity index (χ1v) is 6.27. The van der Waals surface area contributed by atoms with Crippen molar-refractivity contribution in [3.8, 4) is 0 Å². The first kappa shape index (κ1) is 11.5. The lowest BCUT2D eigenvalue weighted by Gasteiger charge is -2.40. The fraction of sp³-hybridized carbons (Fsp3) is 0.667. The molecule has 1 saturated carbocycles. The molecular formula is C12H19N5O. The van der Waals surface area contributed by atoms with Gasteiger partial charge in [0, 0.05) is 14.2 Å². The number of nitrogen functional groups attached to an aromatic ring is 1. The number of imidazole rings is 1. The van der Waals surface area contributed by atoms with Gasteiger partial charge in [-0.2, -0.15) is 5.10 Å². The van der Waals surface area contributed by atoms with Crippen molar-refractivity contribution in [3.05, 3.63) is 5.69 Å². The van der Waals surface area contributed by atoms with Crippen molar-refractivity contribution in [2.45, 2.75) is 38.3 Å². The van der Waals surface area contributed by atoms with Gasteiger partial charge in [0.05, 0.1) is 17.8 Å². The summed E-state index contributed by atoms with van der Waals surface area (Å²) in [6, 6.07) is 0. The van der Waals surface area contributed by atoms with Crippen LogP contribution in [-0.4, -0.2) is 32.0 Å². The Morgan fingerprint density at radius 3 is 2.72 bits per heavy atom. The van der Waals surface area contributed by atoms with Crippen LogP contribution in [-0.2, 0) is 18.3 Å². The molecule has 1 aliphatic rings. The smallest absolute Gasteiger partial charge is 0.202 e. The summed E-state index contributed by atoms with van der Waals surface area (Å²) >= 11 is 0. The minimum atomic E-state index is -0.0695. The average molecular weight is 249 g/mol. The quantitative estimate of drug-likeness (QED) is 0.888.